The normalized spacial score (nSPS) is 12.1. The van der Waals surface area contributed by atoms with Crippen LogP contribution in [0.5, 0.6) is 0 Å². The van der Waals surface area contributed by atoms with Crippen LogP contribution in [0.15, 0.2) is 0 Å². The van der Waals surface area contributed by atoms with Gasteiger partial charge in [-0.2, -0.15) is 4.39 Å². The Morgan fingerprint density at radius 1 is 1.36 bits per heavy atom. The van der Waals surface area contributed by atoms with Gasteiger partial charge in [-0.05, 0) is 6.92 Å². The van der Waals surface area contributed by atoms with E-state index in [1.165, 1.54) is 0 Å². The van der Waals surface area contributed by atoms with E-state index in [4.69, 9.17) is 0 Å². The molecule has 11 heavy (non-hydrogen) atoms. The second-order valence-electron chi connectivity index (χ2n) is 3.61. The molecule has 0 aliphatic carbocycles. The van der Waals surface area contributed by atoms with Gasteiger partial charge in [0.25, 0.3) is 0 Å². The number of hydrogen-bond donors (Lipinski definition) is 0. The quantitative estimate of drug-likeness (QED) is 0.588. The van der Waals surface area contributed by atoms with Gasteiger partial charge < -0.3 is 0 Å². The molecule has 0 N–H and O–H groups in total. The van der Waals surface area contributed by atoms with Crippen molar-refractivity contribution in [3.05, 3.63) is 15.8 Å². The lowest BCUT2D eigenvalue weighted by atomic mass is 9.93. The molecule has 0 aliphatic heterocycles. The molecule has 0 fully saturated rings. The van der Waals surface area contributed by atoms with Gasteiger partial charge in [0.05, 0.1) is 10.7 Å². The van der Waals surface area contributed by atoms with Crippen molar-refractivity contribution in [2.75, 3.05) is 0 Å². The van der Waals surface area contributed by atoms with Gasteiger partial charge in [-0.1, -0.05) is 32.1 Å². The average molecular weight is 173 g/mol. The fraction of sp³-hybridized carbons (Fsp3) is 0.625. The van der Waals surface area contributed by atoms with E-state index >= 15 is 0 Å². The largest absolute Gasteiger partial charge is 0.243 e. The van der Waals surface area contributed by atoms with Crippen LogP contribution < -0.4 is 0 Å². The van der Waals surface area contributed by atoms with E-state index in [9.17, 15) is 4.39 Å². The minimum Gasteiger partial charge on any atom is -0.243 e. The minimum absolute atomic E-state index is 0.144. The van der Waals surface area contributed by atoms with Gasteiger partial charge in [0.2, 0.25) is 0 Å². The number of aryl methyl sites for hydroxylation is 1. The molecule has 3 heteroatoms. The molecule has 0 aliphatic rings. The zero-order valence-electron chi connectivity index (χ0n) is 7.23. The van der Waals surface area contributed by atoms with Gasteiger partial charge in [-0.25, -0.2) is 4.98 Å². The van der Waals surface area contributed by atoms with E-state index < -0.39 is 0 Å². The van der Waals surface area contributed by atoms with Gasteiger partial charge in [0.15, 0.2) is 5.13 Å². The van der Waals surface area contributed by atoms with Crippen LogP contribution in [0.25, 0.3) is 0 Å². The molecule has 0 saturated heterocycles. The van der Waals surface area contributed by atoms with Crippen molar-refractivity contribution in [2.24, 2.45) is 0 Å². The third-order valence-electron chi connectivity index (χ3n) is 1.40. The van der Waals surface area contributed by atoms with Gasteiger partial charge in [0.1, 0.15) is 0 Å². The Morgan fingerprint density at radius 3 is 2.09 bits per heavy atom. The number of aromatic nitrogens is 1. The number of hydrogen-bond acceptors (Lipinski definition) is 2. The molecule has 1 rings (SSSR count). The van der Waals surface area contributed by atoms with Crippen molar-refractivity contribution in [3.63, 3.8) is 0 Å². The summed E-state index contributed by atoms with van der Waals surface area (Å²) in [4.78, 5) is 4.12. The predicted octanol–water partition coefficient (Wildman–Crippen LogP) is 2.89. The van der Waals surface area contributed by atoms with Gasteiger partial charge in [-0.15, -0.1) is 0 Å². The molecule has 0 atom stereocenters. The van der Waals surface area contributed by atoms with Crippen molar-refractivity contribution < 1.29 is 4.39 Å². The van der Waals surface area contributed by atoms with Crippen molar-refractivity contribution in [2.45, 2.75) is 33.1 Å². The topological polar surface area (TPSA) is 12.9 Å². The predicted molar refractivity (Wildman–Crippen MR) is 45.5 cm³/mol. The molecule has 0 spiro atoms. The van der Waals surface area contributed by atoms with Crippen LogP contribution in [-0.2, 0) is 5.41 Å². The second kappa shape index (κ2) is 2.55. The lowest BCUT2D eigenvalue weighted by Crippen LogP contribution is -2.13. The lowest BCUT2D eigenvalue weighted by molar-refractivity contribution is 0.520. The van der Waals surface area contributed by atoms with Crippen LogP contribution in [0.4, 0.5) is 4.39 Å². The lowest BCUT2D eigenvalue weighted by Gasteiger charge is -2.14. The number of rotatable bonds is 0. The smallest absolute Gasteiger partial charge is 0.200 e. The summed E-state index contributed by atoms with van der Waals surface area (Å²) in [6.07, 6.45) is 0. The zero-order chi connectivity index (χ0) is 8.65. The van der Waals surface area contributed by atoms with Crippen LogP contribution in [0.3, 0.4) is 0 Å². The summed E-state index contributed by atoms with van der Waals surface area (Å²) in [5, 5.41) is 0.655. The van der Waals surface area contributed by atoms with Crippen LogP contribution >= 0.6 is 11.3 Å². The minimum atomic E-state index is -0.172. The van der Waals surface area contributed by atoms with Gasteiger partial charge in [-0.3, -0.25) is 0 Å². The summed E-state index contributed by atoms with van der Waals surface area (Å²) < 4.78 is 13.1. The molecular formula is C8H12FNS. The van der Waals surface area contributed by atoms with Crippen molar-refractivity contribution in [3.8, 4) is 0 Å². The first-order valence-electron chi connectivity index (χ1n) is 3.54. The Labute approximate surface area is 70.3 Å². The standard InChI is InChI=1S/C8H12FNS/c1-5-10-6(7(9)11-5)8(2,3)4/h1-4H3. The van der Waals surface area contributed by atoms with Crippen molar-refractivity contribution >= 4 is 11.3 Å². The van der Waals surface area contributed by atoms with E-state index in [0.29, 0.717) is 5.69 Å². The molecule has 0 radical (unpaired) electrons. The first kappa shape index (κ1) is 8.65. The molecular weight excluding hydrogens is 161 g/mol. The molecule has 1 nitrogen and oxygen atoms in total. The summed E-state index contributed by atoms with van der Waals surface area (Å²) in [5.74, 6) is 0. The van der Waals surface area contributed by atoms with E-state index in [-0.39, 0.29) is 10.5 Å². The molecule has 62 valence electrons. The average Bonchev–Trinajstić information content (AvgIpc) is 2.08. The molecule has 0 bridgehead atoms. The summed E-state index contributed by atoms with van der Waals surface area (Å²) in [5.41, 5.74) is 0.412. The number of halogens is 1. The first-order valence-corrected chi connectivity index (χ1v) is 4.36. The van der Waals surface area contributed by atoms with E-state index in [1.54, 1.807) is 0 Å². The molecule has 0 aromatic carbocycles. The van der Waals surface area contributed by atoms with E-state index in [0.717, 1.165) is 16.3 Å². The van der Waals surface area contributed by atoms with E-state index in [2.05, 4.69) is 4.98 Å². The Bertz CT molecular complexity index is 260. The highest BCUT2D eigenvalue weighted by atomic mass is 32.1. The maximum Gasteiger partial charge on any atom is 0.200 e. The highest BCUT2D eigenvalue weighted by Gasteiger charge is 2.22. The molecule has 0 saturated carbocycles. The zero-order valence-corrected chi connectivity index (χ0v) is 8.05. The molecule has 1 heterocycles. The number of thiazole rings is 1. The second-order valence-corrected chi connectivity index (χ2v) is 4.76. The summed E-state index contributed by atoms with van der Waals surface area (Å²) >= 11 is 1.12. The molecule has 0 amide bonds. The van der Waals surface area contributed by atoms with Crippen LogP contribution in [0.2, 0.25) is 0 Å². The summed E-state index contributed by atoms with van der Waals surface area (Å²) in [6, 6.07) is 0. The first-order chi connectivity index (χ1) is 4.91. The Kier molecular flexibility index (Phi) is 2.01. The SMILES string of the molecule is Cc1nc(C(C)(C)C)c(F)s1. The Morgan fingerprint density at radius 2 is 1.91 bits per heavy atom. The molecule has 1 aromatic rings. The summed E-state index contributed by atoms with van der Waals surface area (Å²) in [7, 11) is 0. The Balaban J connectivity index is 3.13. The van der Waals surface area contributed by atoms with Gasteiger partial charge in [0, 0.05) is 5.41 Å². The Hall–Kier alpha value is -0.440. The fourth-order valence-corrected chi connectivity index (χ4v) is 1.71. The summed E-state index contributed by atoms with van der Waals surface area (Å²) in [6.45, 7) is 7.71. The van der Waals surface area contributed by atoms with Crippen molar-refractivity contribution in [1.82, 2.24) is 4.98 Å². The third kappa shape index (κ3) is 1.77. The van der Waals surface area contributed by atoms with Crippen LogP contribution in [0.1, 0.15) is 31.5 Å². The third-order valence-corrected chi connectivity index (χ3v) is 2.16. The molecule has 1 aromatic heterocycles. The van der Waals surface area contributed by atoms with E-state index in [1.807, 2.05) is 27.7 Å². The highest BCUT2D eigenvalue weighted by Crippen LogP contribution is 2.27. The maximum atomic E-state index is 13.1. The van der Waals surface area contributed by atoms with Crippen LogP contribution in [-0.4, -0.2) is 4.98 Å². The fourth-order valence-electron chi connectivity index (χ4n) is 0.865. The van der Waals surface area contributed by atoms with Crippen molar-refractivity contribution in [1.29, 1.82) is 0 Å². The highest BCUT2D eigenvalue weighted by molar-refractivity contribution is 7.10. The maximum absolute atomic E-state index is 13.1. The monoisotopic (exact) mass is 173 g/mol. The van der Waals surface area contributed by atoms with Crippen LogP contribution in [0, 0.1) is 12.1 Å². The van der Waals surface area contributed by atoms with Gasteiger partial charge >= 0.3 is 0 Å². The number of nitrogens with zero attached hydrogens (tertiary/aromatic N) is 1. The molecule has 0 unspecified atom stereocenters.